The van der Waals surface area contributed by atoms with Crippen LogP contribution in [0.25, 0.3) is 11.2 Å². The number of carbonyl (C=O) groups is 2. The van der Waals surface area contributed by atoms with E-state index in [2.05, 4.69) is 20.3 Å². The van der Waals surface area contributed by atoms with E-state index < -0.39 is 46.8 Å². The van der Waals surface area contributed by atoms with Gasteiger partial charge in [-0.3, -0.25) is 9.36 Å². The van der Waals surface area contributed by atoms with Crippen molar-refractivity contribution in [1.82, 2.24) is 19.5 Å². The number of rotatable bonds is 6. The van der Waals surface area contributed by atoms with Gasteiger partial charge >= 0.3 is 16.4 Å². The molecule has 6 rings (SSSR count). The van der Waals surface area contributed by atoms with Gasteiger partial charge in [-0.2, -0.15) is 8.42 Å². The number of nitrogens with zero attached hydrogens (tertiary/aromatic N) is 4. The predicted octanol–water partition coefficient (Wildman–Crippen LogP) is 1.86. The van der Waals surface area contributed by atoms with Gasteiger partial charge in [0.15, 0.2) is 29.3 Å². The Balaban J connectivity index is 1.26. The first kappa shape index (κ1) is 24.1. The van der Waals surface area contributed by atoms with E-state index in [1.54, 1.807) is 60.7 Å². The third-order valence-electron chi connectivity index (χ3n) is 6.03. The highest BCUT2D eigenvalue weighted by Crippen LogP contribution is 2.41. The van der Waals surface area contributed by atoms with Gasteiger partial charge in [0, 0.05) is 5.56 Å². The molecule has 4 atom stereocenters. The summed E-state index contributed by atoms with van der Waals surface area (Å²) in [7, 11) is -4.31. The molecular weight excluding hydrogens is 518 g/mol. The van der Waals surface area contributed by atoms with Gasteiger partial charge in [0.1, 0.15) is 25.1 Å². The number of hydrogen-bond donors (Lipinski definition) is 1. The SMILES string of the molecule is O=C(Nc1ncnc2c1ncn2[C@@H]1O[C@@H](COC(=O)c2ccccc2)[C@H]2OS(=O)(=O)O[C@H]21)c1ccccc1. The molecule has 2 aliphatic heterocycles. The zero-order chi connectivity index (χ0) is 26.3. The summed E-state index contributed by atoms with van der Waals surface area (Å²) in [6.45, 7) is -0.287. The molecular formula is C24H19N5O8S. The van der Waals surface area contributed by atoms with Crippen LogP contribution in [0.4, 0.5) is 5.82 Å². The van der Waals surface area contributed by atoms with Crippen LogP contribution in [0.3, 0.4) is 0 Å². The van der Waals surface area contributed by atoms with Crippen molar-refractivity contribution >= 4 is 39.3 Å². The lowest BCUT2D eigenvalue weighted by Crippen LogP contribution is -2.32. The van der Waals surface area contributed by atoms with Crippen LogP contribution in [0.1, 0.15) is 26.9 Å². The Hall–Kier alpha value is -4.24. The Labute approximate surface area is 215 Å². The first-order valence-corrected chi connectivity index (χ1v) is 12.8. The Morgan fingerprint density at radius 3 is 2.34 bits per heavy atom. The zero-order valence-corrected chi connectivity index (χ0v) is 20.2. The van der Waals surface area contributed by atoms with E-state index in [0.717, 1.165) is 0 Å². The van der Waals surface area contributed by atoms with Crippen LogP contribution in [0.5, 0.6) is 0 Å². The van der Waals surface area contributed by atoms with E-state index in [4.69, 9.17) is 17.8 Å². The molecule has 0 spiro atoms. The summed E-state index contributed by atoms with van der Waals surface area (Å²) in [4.78, 5) is 37.7. The van der Waals surface area contributed by atoms with E-state index in [-0.39, 0.29) is 23.6 Å². The van der Waals surface area contributed by atoms with Crippen molar-refractivity contribution in [1.29, 1.82) is 0 Å². The molecule has 0 saturated carbocycles. The fourth-order valence-electron chi connectivity index (χ4n) is 4.29. The van der Waals surface area contributed by atoms with Crippen LogP contribution in [-0.4, -0.2) is 64.7 Å². The fraction of sp³-hybridized carbons (Fsp3) is 0.208. The number of aromatic nitrogens is 4. The van der Waals surface area contributed by atoms with Crippen molar-refractivity contribution in [2.75, 3.05) is 11.9 Å². The average molecular weight is 538 g/mol. The normalized spacial score (nSPS) is 23.7. The van der Waals surface area contributed by atoms with Crippen molar-refractivity contribution in [3.8, 4) is 0 Å². The van der Waals surface area contributed by atoms with Gasteiger partial charge in [-0.05, 0) is 24.3 Å². The number of anilines is 1. The van der Waals surface area contributed by atoms with Crippen LogP contribution < -0.4 is 5.32 Å². The summed E-state index contributed by atoms with van der Waals surface area (Å²) in [5.74, 6) is -0.839. The molecule has 0 bridgehead atoms. The lowest BCUT2D eigenvalue weighted by atomic mass is 10.1. The number of hydrogen-bond acceptors (Lipinski definition) is 11. The molecule has 2 aliphatic rings. The smallest absolute Gasteiger partial charge is 0.400 e. The molecule has 4 heterocycles. The minimum atomic E-state index is -4.31. The molecule has 1 N–H and O–H groups in total. The van der Waals surface area contributed by atoms with Gasteiger partial charge < -0.3 is 14.8 Å². The van der Waals surface area contributed by atoms with Gasteiger partial charge in [0.2, 0.25) is 0 Å². The second-order valence-electron chi connectivity index (χ2n) is 8.43. The lowest BCUT2D eigenvalue weighted by molar-refractivity contribution is -0.0595. The second kappa shape index (κ2) is 9.57. The number of benzene rings is 2. The molecule has 0 aliphatic carbocycles. The Kier molecular flexibility index (Phi) is 6.07. The number of nitrogens with one attached hydrogen (secondary N) is 1. The molecule has 14 heteroatoms. The minimum absolute atomic E-state index is 0.154. The van der Waals surface area contributed by atoms with Gasteiger partial charge in [0.05, 0.1) is 11.9 Å². The van der Waals surface area contributed by atoms with E-state index in [0.29, 0.717) is 11.1 Å². The molecule has 38 heavy (non-hydrogen) atoms. The van der Waals surface area contributed by atoms with E-state index >= 15 is 0 Å². The molecule has 4 aromatic rings. The zero-order valence-electron chi connectivity index (χ0n) is 19.4. The van der Waals surface area contributed by atoms with Gasteiger partial charge in [-0.15, -0.1) is 0 Å². The van der Waals surface area contributed by atoms with Crippen LogP contribution in [0, 0.1) is 0 Å². The summed E-state index contributed by atoms with van der Waals surface area (Å²) < 4.78 is 47.4. The first-order chi connectivity index (χ1) is 18.4. The molecule has 194 valence electrons. The van der Waals surface area contributed by atoms with Crippen LogP contribution >= 0.6 is 0 Å². The summed E-state index contributed by atoms with van der Waals surface area (Å²) in [5.41, 5.74) is 1.26. The molecule has 0 unspecified atom stereocenters. The molecule has 2 saturated heterocycles. The summed E-state index contributed by atoms with van der Waals surface area (Å²) >= 11 is 0. The lowest BCUT2D eigenvalue weighted by Gasteiger charge is -2.18. The van der Waals surface area contributed by atoms with Gasteiger partial charge in [0.25, 0.3) is 5.91 Å². The maximum Gasteiger partial charge on any atom is 0.400 e. The summed E-state index contributed by atoms with van der Waals surface area (Å²) in [6, 6.07) is 16.9. The highest BCUT2D eigenvalue weighted by Gasteiger charge is 2.57. The van der Waals surface area contributed by atoms with Crippen molar-refractivity contribution in [2.24, 2.45) is 0 Å². The molecule has 2 aromatic carbocycles. The maximum absolute atomic E-state index is 12.6. The van der Waals surface area contributed by atoms with Gasteiger partial charge in [-0.25, -0.2) is 28.1 Å². The highest BCUT2D eigenvalue weighted by atomic mass is 32.3. The molecule has 2 aromatic heterocycles. The third-order valence-corrected chi connectivity index (χ3v) is 6.95. The fourth-order valence-corrected chi connectivity index (χ4v) is 5.32. The molecule has 0 radical (unpaired) electrons. The Morgan fingerprint density at radius 2 is 1.61 bits per heavy atom. The summed E-state index contributed by atoms with van der Waals surface area (Å²) in [5, 5.41) is 2.71. The van der Waals surface area contributed by atoms with Crippen molar-refractivity contribution < 1.29 is 35.8 Å². The minimum Gasteiger partial charge on any atom is -0.459 e. The van der Waals surface area contributed by atoms with E-state index in [1.165, 1.54) is 17.2 Å². The highest BCUT2D eigenvalue weighted by molar-refractivity contribution is 7.82. The van der Waals surface area contributed by atoms with Crippen molar-refractivity contribution in [3.63, 3.8) is 0 Å². The molecule has 1 amide bonds. The number of esters is 1. The first-order valence-electron chi connectivity index (χ1n) is 11.4. The predicted molar refractivity (Wildman–Crippen MR) is 129 cm³/mol. The van der Waals surface area contributed by atoms with Crippen LogP contribution in [0.15, 0.2) is 73.3 Å². The quantitative estimate of drug-likeness (QED) is 0.357. The molecule has 2 fully saturated rings. The topological polar surface area (TPSA) is 161 Å². The maximum atomic E-state index is 12.6. The van der Waals surface area contributed by atoms with E-state index in [1.807, 2.05) is 0 Å². The van der Waals surface area contributed by atoms with Gasteiger partial charge in [-0.1, -0.05) is 36.4 Å². The Bertz CT molecular complexity index is 1610. The van der Waals surface area contributed by atoms with Crippen molar-refractivity contribution in [2.45, 2.75) is 24.5 Å². The molecule has 13 nitrogen and oxygen atoms in total. The average Bonchev–Trinajstić information content (AvgIpc) is 3.59. The Morgan fingerprint density at radius 1 is 0.921 bits per heavy atom. The summed E-state index contributed by atoms with van der Waals surface area (Å²) in [6.07, 6.45) is -1.59. The second-order valence-corrected chi connectivity index (χ2v) is 9.63. The number of carbonyl (C=O) groups excluding carboxylic acids is 2. The number of imidazole rings is 1. The van der Waals surface area contributed by atoms with Crippen molar-refractivity contribution in [3.05, 3.63) is 84.4 Å². The third kappa shape index (κ3) is 4.50. The van der Waals surface area contributed by atoms with Crippen LogP contribution in [-0.2, 0) is 28.2 Å². The van der Waals surface area contributed by atoms with Crippen LogP contribution in [0.2, 0.25) is 0 Å². The number of ether oxygens (including phenoxy) is 2. The number of amides is 1. The standard InChI is InChI=1S/C24H19N5O8S/c30-22(14-7-3-1-4-8-14)28-20-17-21(26-12-25-20)29(13-27-17)23-19-18(36-38(32,33)37-19)16(35-23)11-34-24(31)15-9-5-2-6-10-15/h1-10,12-13,16,18-19,23H,11H2,(H,25,26,28,30)/t16-,18+,19+,23+/m0/s1. The number of fused-ring (bicyclic) bond motifs is 2. The van der Waals surface area contributed by atoms with E-state index in [9.17, 15) is 18.0 Å². The monoisotopic (exact) mass is 537 g/mol. The largest absolute Gasteiger partial charge is 0.459 e.